The lowest BCUT2D eigenvalue weighted by molar-refractivity contribution is 0.101. The van der Waals surface area contributed by atoms with E-state index in [9.17, 15) is 4.79 Å². The van der Waals surface area contributed by atoms with E-state index < -0.39 is 0 Å². The number of fused-ring (bicyclic) bond motifs is 2. The maximum Gasteiger partial charge on any atom is 0.163 e. The van der Waals surface area contributed by atoms with Gasteiger partial charge in [0, 0.05) is 17.4 Å². The van der Waals surface area contributed by atoms with Crippen molar-refractivity contribution >= 4 is 28.0 Å². The third kappa shape index (κ3) is 1.97. The number of carbonyl (C=O) groups is 1. The molecule has 0 aliphatic carbocycles. The number of hydrogen-bond donors (Lipinski definition) is 0. The van der Waals surface area contributed by atoms with E-state index in [0.29, 0.717) is 5.56 Å². The molecule has 4 aromatic rings. The molecule has 0 saturated carbocycles. The molecule has 0 atom stereocenters. The van der Waals surface area contributed by atoms with Crippen molar-refractivity contribution in [1.29, 1.82) is 0 Å². The van der Waals surface area contributed by atoms with Crippen LogP contribution in [0.4, 0.5) is 0 Å². The normalized spacial score (nSPS) is 11.1. The van der Waals surface area contributed by atoms with E-state index in [2.05, 4.69) is 4.98 Å². The van der Waals surface area contributed by atoms with Gasteiger partial charge < -0.3 is 0 Å². The van der Waals surface area contributed by atoms with Crippen LogP contribution >= 0.6 is 0 Å². The highest BCUT2D eigenvalue weighted by Gasteiger charge is 2.08. The number of nitrogens with zero attached hydrogens (tertiary/aromatic N) is 3. The SMILES string of the molecule is CC(=O)c1ccc(-n2ccc3nc4ccccc4nc32)cc1. The second-order valence-electron chi connectivity index (χ2n) is 5.21. The van der Waals surface area contributed by atoms with Gasteiger partial charge in [-0.1, -0.05) is 12.1 Å². The number of hydrogen-bond acceptors (Lipinski definition) is 3. The summed E-state index contributed by atoms with van der Waals surface area (Å²) < 4.78 is 1.98. The van der Waals surface area contributed by atoms with Crippen LogP contribution < -0.4 is 0 Å². The lowest BCUT2D eigenvalue weighted by Gasteiger charge is -2.06. The summed E-state index contributed by atoms with van der Waals surface area (Å²) in [6, 6.07) is 17.3. The number of ketones is 1. The zero-order valence-electron chi connectivity index (χ0n) is 12.0. The first kappa shape index (κ1) is 12.7. The zero-order chi connectivity index (χ0) is 15.1. The number of benzene rings is 2. The van der Waals surface area contributed by atoms with Gasteiger partial charge in [-0.25, -0.2) is 9.97 Å². The summed E-state index contributed by atoms with van der Waals surface area (Å²) in [4.78, 5) is 20.7. The number of carbonyl (C=O) groups excluding carboxylic acids is 1. The van der Waals surface area contributed by atoms with Crippen LogP contribution in [0.25, 0.3) is 27.9 Å². The van der Waals surface area contributed by atoms with E-state index >= 15 is 0 Å². The first-order valence-electron chi connectivity index (χ1n) is 7.07. The quantitative estimate of drug-likeness (QED) is 0.527. The first-order chi connectivity index (χ1) is 10.7. The molecule has 2 aromatic heterocycles. The predicted molar refractivity (Wildman–Crippen MR) is 86.4 cm³/mol. The predicted octanol–water partition coefficient (Wildman–Crippen LogP) is 3.78. The highest BCUT2D eigenvalue weighted by molar-refractivity contribution is 5.94. The highest BCUT2D eigenvalue weighted by Crippen LogP contribution is 2.21. The molecule has 4 heteroatoms. The van der Waals surface area contributed by atoms with Gasteiger partial charge in [-0.2, -0.15) is 0 Å². The van der Waals surface area contributed by atoms with Crippen LogP contribution in [0.1, 0.15) is 17.3 Å². The fourth-order valence-corrected chi connectivity index (χ4v) is 2.57. The van der Waals surface area contributed by atoms with E-state index in [-0.39, 0.29) is 5.78 Å². The minimum absolute atomic E-state index is 0.0645. The number of rotatable bonds is 2. The van der Waals surface area contributed by atoms with Gasteiger partial charge in [0.05, 0.1) is 11.0 Å². The second-order valence-corrected chi connectivity index (χ2v) is 5.21. The summed E-state index contributed by atoms with van der Waals surface area (Å²) in [5.74, 6) is 0.0645. The molecule has 22 heavy (non-hydrogen) atoms. The Labute approximate surface area is 127 Å². The Balaban J connectivity index is 1.91. The van der Waals surface area contributed by atoms with Crippen molar-refractivity contribution in [3.63, 3.8) is 0 Å². The van der Waals surface area contributed by atoms with Crippen LogP contribution in [-0.2, 0) is 0 Å². The minimum atomic E-state index is 0.0645. The van der Waals surface area contributed by atoms with Crippen LogP contribution in [0, 0.1) is 0 Å². The molecule has 0 aliphatic rings. The Kier molecular flexibility index (Phi) is 2.76. The topological polar surface area (TPSA) is 47.8 Å². The van der Waals surface area contributed by atoms with Crippen molar-refractivity contribution < 1.29 is 4.79 Å². The Morgan fingerprint density at radius 3 is 2.23 bits per heavy atom. The molecular weight excluding hydrogens is 274 g/mol. The molecule has 0 spiro atoms. The van der Waals surface area contributed by atoms with E-state index in [1.165, 1.54) is 0 Å². The molecule has 0 unspecified atom stereocenters. The van der Waals surface area contributed by atoms with Crippen molar-refractivity contribution in [2.75, 3.05) is 0 Å². The maximum atomic E-state index is 11.4. The molecule has 0 radical (unpaired) electrons. The molecule has 0 N–H and O–H groups in total. The second kappa shape index (κ2) is 4.77. The lowest BCUT2D eigenvalue weighted by atomic mass is 10.1. The summed E-state index contributed by atoms with van der Waals surface area (Å²) in [7, 11) is 0. The van der Waals surface area contributed by atoms with E-state index in [4.69, 9.17) is 4.98 Å². The zero-order valence-corrected chi connectivity index (χ0v) is 12.0. The summed E-state index contributed by atoms with van der Waals surface area (Å²) in [5.41, 5.74) is 5.10. The summed E-state index contributed by atoms with van der Waals surface area (Å²) >= 11 is 0. The summed E-state index contributed by atoms with van der Waals surface area (Å²) in [5, 5.41) is 0. The van der Waals surface area contributed by atoms with Crippen molar-refractivity contribution in [3.05, 3.63) is 66.4 Å². The number of aromatic nitrogens is 3. The van der Waals surface area contributed by atoms with Crippen LogP contribution in [0.15, 0.2) is 60.8 Å². The molecule has 0 bridgehead atoms. The van der Waals surface area contributed by atoms with Gasteiger partial charge in [0.25, 0.3) is 0 Å². The molecule has 0 amide bonds. The van der Waals surface area contributed by atoms with E-state index in [1.807, 2.05) is 65.4 Å². The molecule has 4 nitrogen and oxygen atoms in total. The number of para-hydroxylation sites is 2. The highest BCUT2D eigenvalue weighted by atomic mass is 16.1. The minimum Gasteiger partial charge on any atom is -0.300 e. The van der Waals surface area contributed by atoms with E-state index in [1.54, 1.807) is 6.92 Å². The summed E-state index contributed by atoms with van der Waals surface area (Å²) in [6.07, 6.45) is 1.95. The largest absolute Gasteiger partial charge is 0.300 e. The lowest BCUT2D eigenvalue weighted by Crippen LogP contribution is -1.97. The molecule has 0 fully saturated rings. The van der Waals surface area contributed by atoms with Crippen molar-refractivity contribution in [1.82, 2.24) is 14.5 Å². The van der Waals surface area contributed by atoms with Crippen molar-refractivity contribution in [2.45, 2.75) is 6.92 Å². The first-order valence-corrected chi connectivity index (χ1v) is 7.07. The van der Waals surface area contributed by atoms with Crippen LogP contribution in [0.3, 0.4) is 0 Å². The third-order valence-electron chi connectivity index (χ3n) is 3.74. The van der Waals surface area contributed by atoms with Gasteiger partial charge in [0.15, 0.2) is 11.4 Å². The van der Waals surface area contributed by atoms with Gasteiger partial charge in [-0.05, 0) is 49.4 Å². The van der Waals surface area contributed by atoms with Crippen LogP contribution in [-0.4, -0.2) is 20.3 Å². The average molecular weight is 287 g/mol. The monoisotopic (exact) mass is 287 g/mol. The summed E-state index contributed by atoms with van der Waals surface area (Å²) in [6.45, 7) is 1.57. The Hall–Kier alpha value is -3.01. The van der Waals surface area contributed by atoms with Gasteiger partial charge in [-0.15, -0.1) is 0 Å². The molecule has 106 valence electrons. The fraction of sp³-hybridized carbons (Fsp3) is 0.0556. The molecule has 0 saturated heterocycles. The van der Waals surface area contributed by atoms with Crippen LogP contribution in [0.5, 0.6) is 0 Å². The van der Waals surface area contributed by atoms with Gasteiger partial charge in [0.2, 0.25) is 0 Å². The maximum absolute atomic E-state index is 11.4. The number of Topliss-reactive ketones (excluding diaryl/α,β-unsaturated/α-hetero) is 1. The smallest absolute Gasteiger partial charge is 0.163 e. The molecule has 0 aliphatic heterocycles. The molecule has 4 rings (SSSR count). The average Bonchev–Trinajstić information content (AvgIpc) is 2.95. The van der Waals surface area contributed by atoms with Crippen molar-refractivity contribution in [2.24, 2.45) is 0 Å². The van der Waals surface area contributed by atoms with E-state index in [0.717, 1.165) is 27.9 Å². The van der Waals surface area contributed by atoms with Crippen molar-refractivity contribution in [3.8, 4) is 5.69 Å². The Morgan fingerprint density at radius 1 is 0.864 bits per heavy atom. The fourth-order valence-electron chi connectivity index (χ4n) is 2.57. The van der Waals surface area contributed by atoms with Gasteiger partial charge >= 0.3 is 0 Å². The molecule has 2 aromatic carbocycles. The molecular formula is C18H13N3O. The third-order valence-corrected chi connectivity index (χ3v) is 3.74. The van der Waals surface area contributed by atoms with Gasteiger partial charge in [0.1, 0.15) is 5.52 Å². The Bertz CT molecular complexity index is 1000. The standard InChI is InChI=1S/C18H13N3O/c1-12(22)13-6-8-14(9-7-13)21-11-10-17-18(21)20-16-5-3-2-4-15(16)19-17/h2-11H,1H3. The van der Waals surface area contributed by atoms with Crippen LogP contribution in [0.2, 0.25) is 0 Å². The molecule has 2 heterocycles. The van der Waals surface area contributed by atoms with Gasteiger partial charge in [-0.3, -0.25) is 9.36 Å². The Morgan fingerprint density at radius 2 is 1.55 bits per heavy atom.